The first-order valence-electron chi connectivity index (χ1n) is 11.6. The quantitative estimate of drug-likeness (QED) is 0.651. The van der Waals surface area contributed by atoms with Gasteiger partial charge in [0.1, 0.15) is 0 Å². The van der Waals surface area contributed by atoms with Crippen LogP contribution in [0, 0.1) is 0 Å². The topological polar surface area (TPSA) is 92.8 Å². The highest BCUT2D eigenvalue weighted by molar-refractivity contribution is 7.89. The maximum absolute atomic E-state index is 13.0. The van der Waals surface area contributed by atoms with Crippen molar-refractivity contribution in [3.8, 4) is 0 Å². The van der Waals surface area contributed by atoms with E-state index in [0.29, 0.717) is 13.1 Å². The summed E-state index contributed by atoms with van der Waals surface area (Å²) in [6.07, 6.45) is 6.53. The standard InChI is InChI=1S/C25H30N2O5S/c28-24(26-23-14-8-10-19-9-3-4-13-22(19)23)18-32-25(29)20-11-7-12-21(17-20)33(30,31)27-15-5-1-2-6-16-27/h3-4,7,9,11-13,17,23H,1-2,5-6,8,10,14-16,18H2,(H,26,28). The summed E-state index contributed by atoms with van der Waals surface area (Å²) in [5.74, 6) is -1.10. The molecule has 1 amide bonds. The Morgan fingerprint density at radius 2 is 1.73 bits per heavy atom. The van der Waals surface area contributed by atoms with Gasteiger partial charge in [0.2, 0.25) is 10.0 Å². The van der Waals surface area contributed by atoms with Crippen LogP contribution >= 0.6 is 0 Å². The van der Waals surface area contributed by atoms with Crippen LogP contribution in [-0.2, 0) is 26.0 Å². The molecule has 176 valence electrons. The van der Waals surface area contributed by atoms with Crippen LogP contribution in [0.1, 0.15) is 66.1 Å². The van der Waals surface area contributed by atoms with Gasteiger partial charge < -0.3 is 10.1 Å². The number of rotatable bonds is 6. The van der Waals surface area contributed by atoms with Crippen LogP contribution in [-0.4, -0.2) is 44.3 Å². The second-order valence-corrected chi connectivity index (χ2v) is 10.6. The summed E-state index contributed by atoms with van der Waals surface area (Å²) in [6, 6.07) is 13.8. The molecule has 2 aromatic rings. The highest BCUT2D eigenvalue weighted by atomic mass is 32.2. The molecule has 2 aliphatic rings. The van der Waals surface area contributed by atoms with E-state index in [9.17, 15) is 18.0 Å². The monoisotopic (exact) mass is 470 g/mol. The Hall–Kier alpha value is -2.71. The number of hydrogen-bond acceptors (Lipinski definition) is 5. The summed E-state index contributed by atoms with van der Waals surface area (Å²) >= 11 is 0. The lowest BCUT2D eigenvalue weighted by molar-refractivity contribution is -0.125. The van der Waals surface area contributed by atoms with Gasteiger partial charge in [0.25, 0.3) is 5.91 Å². The number of amides is 1. The molecule has 0 bridgehead atoms. The van der Waals surface area contributed by atoms with Crippen molar-refractivity contribution in [2.75, 3.05) is 19.7 Å². The number of hydrogen-bond donors (Lipinski definition) is 1. The zero-order valence-electron chi connectivity index (χ0n) is 18.7. The Labute approximate surface area is 195 Å². The first-order valence-corrected chi connectivity index (χ1v) is 13.0. The molecule has 1 unspecified atom stereocenters. The Kier molecular flexibility index (Phi) is 7.45. The molecule has 1 saturated heterocycles. The molecule has 0 spiro atoms. The molecule has 0 radical (unpaired) electrons. The van der Waals surface area contributed by atoms with Gasteiger partial charge in [0.05, 0.1) is 16.5 Å². The Balaban J connectivity index is 1.37. The number of nitrogens with one attached hydrogen (secondary N) is 1. The molecule has 2 aromatic carbocycles. The van der Waals surface area contributed by atoms with Crippen LogP contribution in [0.5, 0.6) is 0 Å². The van der Waals surface area contributed by atoms with Crippen molar-refractivity contribution in [2.45, 2.75) is 55.9 Å². The smallest absolute Gasteiger partial charge is 0.338 e. The van der Waals surface area contributed by atoms with E-state index in [2.05, 4.69) is 11.4 Å². The molecular formula is C25H30N2O5S. The minimum absolute atomic E-state index is 0.0714. The zero-order chi connectivity index (χ0) is 23.3. The summed E-state index contributed by atoms with van der Waals surface area (Å²) < 4.78 is 32.7. The molecule has 1 heterocycles. The second kappa shape index (κ2) is 10.5. The van der Waals surface area contributed by atoms with Crippen molar-refractivity contribution in [1.82, 2.24) is 9.62 Å². The third-order valence-electron chi connectivity index (χ3n) is 6.31. The SMILES string of the molecule is O=C(COC(=O)c1cccc(S(=O)(=O)N2CCCCCC2)c1)NC1CCCc2ccccc21. The van der Waals surface area contributed by atoms with Crippen molar-refractivity contribution in [1.29, 1.82) is 0 Å². The number of ether oxygens (including phenoxy) is 1. The molecule has 1 aliphatic carbocycles. The molecule has 1 atom stereocenters. The van der Waals surface area contributed by atoms with Crippen LogP contribution in [0.2, 0.25) is 0 Å². The van der Waals surface area contributed by atoms with Gasteiger partial charge in [-0.3, -0.25) is 4.79 Å². The molecule has 1 aliphatic heterocycles. The minimum Gasteiger partial charge on any atom is -0.452 e. The Morgan fingerprint density at radius 3 is 2.52 bits per heavy atom. The van der Waals surface area contributed by atoms with Crippen molar-refractivity contribution in [3.05, 3.63) is 65.2 Å². The molecule has 33 heavy (non-hydrogen) atoms. The van der Waals surface area contributed by atoms with Crippen LogP contribution in [0.25, 0.3) is 0 Å². The Morgan fingerprint density at radius 1 is 0.970 bits per heavy atom. The fourth-order valence-electron chi connectivity index (χ4n) is 4.57. The number of esters is 1. The fourth-order valence-corrected chi connectivity index (χ4v) is 6.13. The predicted molar refractivity (Wildman–Crippen MR) is 124 cm³/mol. The number of carbonyl (C=O) groups is 2. The van der Waals surface area contributed by atoms with E-state index >= 15 is 0 Å². The van der Waals surface area contributed by atoms with Crippen LogP contribution in [0.3, 0.4) is 0 Å². The molecule has 0 aromatic heterocycles. The normalized spacial score (nSPS) is 19.2. The molecular weight excluding hydrogens is 440 g/mol. The van der Waals surface area contributed by atoms with Gasteiger partial charge >= 0.3 is 5.97 Å². The van der Waals surface area contributed by atoms with E-state index in [4.69, 9.17) is 4.74 Å². The maximum atomic E-state index is 13.0. The van der Waals surface area contributed by atoms with Crippen LogP contribution < -0.4 is 5.32 Å². The molecule has 1 N–H and O–H groups in total. The molecule has 4 rings (SSSR count). The van der Waals surface area contributed by atoms with E-state index in [-0.39, 0.29) is 22.4 Å². The highest BCUT2D eigenvalue weighted by Gasteiger charge is 2.26. The average Bonchev–Trinajstić information content (AvgIpc) is 3.13. The second-order valence-electron chi connectivity index (χ2n) is 8.63. The first-order chi connectivity index (χ1) is 15.9. The van der Waals surface area contributed by atoms with Gasteiger partial charge in [-0.15, -0.1) is 0 Å². The Bertz CT molecular complexity index is 1110. The number of benzene rings is 2. The number of nitrogens with zero attached hydrogens (tertiary/aromatic N) is 1. The summed E-state index contributed by atoms with van der Waals surface area (Å²) in [6.45, 7) is 0.559. The third-order valence-corrected chi connectivity index (χ3v) is 8.21. The summed E-state index contributed by atoms with van der Waals surface area (Å²) in [4.78, 5) is 25.0. The number of sulfonamides is 1. The van der Waals surface area contributed by atoms with Crippen molar-refractivity contribution in [2.24, 2.45) is 0 Å². The van der Waals surface area contributed by atoms with Crippen molar-refractivity contribution in [3.63, 3.8) is 0 Å². The average molecular weight is 471 g/mol. The lowest BCUT2D eigenvalue weighted by Crippen LogP contribution is -2.34. The first kappa shape index (κ1) is 23.4. The lowest BCUT2D eigenvalue weighted by Gasteiger charge is -2.26. The highest BCUT2D eigenvalue weighted by Crippen LogP contribution is 2.29. The third kappa shape index (κ3) is 5.62. The number of fused-ring (bicyclic) bond motifs is 1. The molecule has 7 nitrogen and oxygen atoms in total. The van der Waals surface area contributed by atoms with E-state index in [1.54, 1.807) is 0 Å². The van der Waals surface area contributed by atoms with Gasteiger partial charge in [-0.1, -0.05) is 43.2 Å². The van der Waals surface area contributed by atoms with Crippen molar-refractivity contribution < 1.29 is 22.7 Å². The zero-order valence-corrected chi connectivity index (χ0v) is 19.5. The molecule has 8 heteroatoms. The van der Waals surface area contributed by atoms with E-state index in [0.717, 1.165) is 50.5 Å². The molecule has 0 saturated carbocycles. The largest absolute Gasteiger partial charge is 0.452 e. The van der Waals surface area contributed by atoms with Crippen LogP contribution in [0.4, 0.5) is 0 Å². The summed E-state index contributed by atoms with van der Waals surface area (Å²) in [5.41, 5.74) is 2.45. The van der Waals surface area contributed by atoms with Gasteiger partial charge in [-0.05, 0) is 61.4 Å². The fraction of sp³-hybridized carbons (Fsp3) is 0.440. The predicted octanol–water partition coefficient (Wildman–Crippen LogP) is 3.60. The van der Waals surface area contributed by atoms with E-state index < -0.39 is 22.6 Å². The van der Waals surface area contributed by atoms with Gasteiger partial charge in [-0.2, -0.15) is 4.31 Å². The van der Waals surface area contributed by atoms with Crippen LogP contribution in [0.15, 0.2) is 53.4 Å². The van der Waals surface area contributed by atoms with Crippen molar-refractivity contribution >= 4 is 21.9 Å². The van der Waals surface area contributed by atoms with E-state index in [1.807, 2.05) is 18.2 Å². The van der Waals surface area contributed by atoms with E-state index in [1.165, 1.54) is 34.1 Å². The number of carbonyl (C=O) groups excluding carboxylic acids is 2. The van der Waals surface area contributed by atoms with Gasteiger partial charge in [-0.25, -0.2) is 13.2 Å². The summed E-state index contributed by atoms with van der Waals surface area (Å²) in [7, 11) is -3.67. The lowest BCUT2D eigenvalue weighted by atomic mass is 9.88. The van der Waals surface area contributed by atoms with Gasteiger partial charge in [0, 0.05) is 13.1 Å². The maximum Gasteiger partial charge on any atom is 0.338 e. The summed E-state index contributed by atoms with van der Waals surface area (Å²) in [5, 5.41) is 2.95. The minimum atomic E-state index is -3.67. The van der Waals surface area contributed by atoms with Gasteiger partial charge in [0.15, 0.2) is 6.61 Å². The molecule has 1 fully saturated rings. The number of aryl methyl sites for hydroxylation is 1.